The van der Waals surface area contributed by atoms with E-state index < -0.39 is 0 Å². The summed E-state index contributed by atoms with van der Waals surface area (Å²) < 4.78 is 11.2. The van der Waals surface area contributed by atoms with Crippen LogP contribution in [0.4, 0.5) is 0 Å². The Morgan fingerprint density at radius 2 is 1.77 bits per heavy atom. The molecule has 2 heteroatoms. The molecule has 0 spiro atoms. The lowest BCUT2D eigenvalue weighted by molar-refractivity contribution is 0.00937. The van der Waals surface area contributed by atoms with E-state index in [0.29, 0.717) is 5.92 Å². The first kappa shape index (κ1) is 19.6. The topological polar surface area (TPSA) is 18.5 Å². The molecule has 144 valence electrons. The van der Waals surface area contributed by atoms with Gasteiger partial charge in [-0.1, -0.05) is 61.7 Å². The molecule has 0 amide bonds. The van der Waals surface area contributed by atoms with Crippen LogP contribution in [-0.4, -0.2) is 27.4 Å². The molecule has 0 unspecified atom stereocenters. The van der Waals surface area contributed by atoms with Crippen LogP contribution in [0.15, 0.2) is 42.0 Å². The third kappa shape index (κ3) is 4.23. The van der Waals surface area contributed by atoms with Crippen molar-refractivity contribution in [1.82, 2.24) is 0 Å². The third-order valence-electron chi connectivity index (χ3n) is 6.57. The van der Waals surface area contributed by atoms with Crippen LogP contribution in [0.3, 0.4) is 0 Å². The molecule has 1 aromatic carbocycles. The molecule has 2 nitrogen and oxygen atoms in total. The third-order valence-corrected chi connectivity index (χ3v) is 6.57. The van der Waals surface area contributed by atoms with Gasteiger partial charge in [0.2, 0.25) is 0 Å². The molecule has 0 heterocycles. The summed E-state index contributed by atoms with van der Waals surface area (Å²) >= 11 is 0. The normalized spacial score (nSPS) is 28.6. The van der Waals surface area contributed by atoms with Gasteiger partial charge in [-0.25, -0.2) is 0 Å². The minimum Gasteiger partial charge on any atom is -0.384 e. The fourth-order valence-electron chi connectivity index (χ4n) is 5.68. The van der Waals surface area contributed by atoms with Gasteiger partial charge in [0.05, 0.1) is 13.2 Å². The van der Waals surface area contributed by atoms with Crippen molar-refractivity contribution in [2.24, 2.45) is 17.3 Å². The number of rotatable bonds is 9. The fourth-order valence-corrected chi connectivity index (χ4v) is 5.68. The Morgan fingerprint density at radius 1 is 1.04 bits per heavy atom. The highest BCUT2D eigenvalue weighted by molar-refractivity contribution is 5.35. The number of benzene rings is 1. The maximum atomic E-state index is 5.61. The van der Waals surface area contributed by atoms with Crippen molar-refractivity contribution in [2.75, 3.05) is 27.4 Å². The van der Waals surface area contributed by atoms with Crippen LogP contribution in [0, 0.1) is 17.3 Å². The molecular formula is C24H36O2. The molecule has 2 aliphatic rings. The summed E-state index contributed by atoms with van der Waals surface area (Å²) in [6.07, 6.45) is 11.5. The van der Waals surface area contributed by atoms with E-state index in [2.05, 4.69) is 43.3 Å². The maximum absolute atomic E-state index is 5.61. The summed E-state index contributed by atoms with van der Waals surface area (Å²) in [7, 11) is 3.67. The second-order valence-electron chi connectivity index (χ2n) is 8.57. The molecule has 0 radical (unpaired) electrons. The minimum atomic E-state index is 0.208. The summed E-state index contributed by atoms with van der Waals surface area (Å²) in [6.45, 7) is 3.93. The van der Waals surface area contributed by atoms with E-state index in [1.54, 1.807) is 5.57 Å². The maximum Gasteiger partial charge on any atom is 0.0540 e. The predicted octanol–water partition coefficient (Wildman–Crippen LogP) is 5.99. The fraction of sp³-hybridized carbons (Fsp3) is 0.667. The van der Waals surface area contributed by atoms with Gasteiger partial charge in [0.25, 0.3) is 0 Å². The van der Waals surface area contributed by atoms with Crippen LogP contribution in [0.1, 0.15) is 63.4 Å². The first-order chi connectivity index (χ1) is 12.7. The molecular weight excluding hydrogens is 320 g/mol. The standard InChI is InChI=1S/C24H36O2/c1-4-5-6-8-13-20-14-21-15-24(17-25-2,18-26-3)16-22(21)23(20)19-11-9-7-10-12-19/h7,9-13,21-23H,4-6,8,14-18H2,1-3H3/b20-13+/t21-,22-,23-/m1/s1. The summed E-state index contributed by atoms with van der Waals surface area (Å²) in [5.41, 5.74) is 3.41. The molecule has 0 saturated heterocycles. The molecule has 3 rings (SSSR count). The lowest BCUT2D eigenvalue weighted by Crippen LogP contribution is -2.30. The van der Waals surface area contributed by atoms with E-state index in [1.807, 2.05) is 14.2 Å². The van der Waals surface area contributed by atoms with Crippen LogP contribution >= 0.6 is 0 Å². The van der Waals surface area contributed by atoms with Gasteiger partial charge in [-0.2, -0.15) is 0 Å². The van der Waals surface area contributed by atoms with Gasteiger partial charge in [-0.05, 0) is 49.5 Å². The van der Waals surface area contributed by atoms with Gasteiger partial charge in [0.1, 0.15) is 0 Å². The number of fused-ring (bicyclic) bond motifs is 1. The number of methoxy groups -OCH3 is 2. The second kappa shape index (κ2) is 9.19. The largest absolute Gasteiger partial charge is 0.384 e. The van der Waals surface area contributed by atoms with Crippen molar-refractivity contribution in [2.45, 2.75) is 57.8 Å². The highest BCUT2D eigenvalue weighted by atomic mass is 16.5. The van der Waals surface area contributed by atoms with E-state index in [-0.39, 0.29) is 5.41 Å². The molecule has 2 fully saturated rings. The number of ether oxygens (including phenoxy) is 2. The average Bonchev–Trinajstić information content (AvgIpc) is 3.14. The van der Waals surface area contributed by atoms with Gasteiger partial charge >= 0.3 is 0 Å². The van der Waals surface area contributed by atoms with Gasteiger partial charge in [0, 0.05) is 25.6 Å². The van der Waals surface area contributed by atoms with E-state index in [4.69, 9.17) is 9.47 Å². The van der Waals surface area contributed by atoms with Crippen LogP contribution < -0.4 is 0 Å². The second-order valence-corrected chi connectivity index (χ2v) is 8.57. The number of hydrogen-bond acceptors (Lipinski definition) is 2. The lowest BCUT2D eigenvalue weighted by atomic mass is 9.79. The summed E-state index contributed by atoms with van der Waals surface area (Å²) in [5.74, 6) is 2.11. The molecule has 1 aromatic rings. The molecule has 3 atom stereocenters. The van der Waals surface area contributed by atoms with Crippen LogP contribution in [0.25, 0.3) is 0 Å². The molecule has 0 aromatic heterocycles. The van der Waals surface area contributed by atoms with Crippen molar-refractivity contribution in [1.29, 1.82) is 0 Å². The van der Waals surface area contributed by atoms with Gasteiger partial charge < -0.3 is 9.47 Å². The first-order valence-corrected chi connectivity index (χ1v) is 10.4. The predicted molar refractivity (Wildman–Crippen MR) is 108 cm³/mol. The Morgan fingerprint density at radius 3 is 2.42 bits per heavy atom. The van der Waals surface area contributed by atoms with Crippen LogP contribution in [0.2, 0.25) is 0 Å². The number of allylic oxidation sites excluding steroid dienone is 2. The molecule has 0 N–H and O–H groups in total. The van der Waals surface area contributed by atoms with Crippen molar-refractivity contribution >= 4 is 0 Å². The zero-order chi connectivity index (χ0) is 18.4. The van der Waals surface area contributed by atoms with E-state index in [0.717, 1.165) is 25.0 Å². The Hall–Kier alpha value is -1.12. The van der Waals surface area contributed by atoms with Crippen molar-refractivity contribution in [3.8, 4) is 0 Å². The lowest BCUT2D eigenvalue weighted by Gasteiger charge is -2.30. The number of hydrogen-bond donors (Lipinski definition) is 0. The van der Waals surface area contributed by atoms with E-state index >= 15 is 0 Å². The molecule has 2 saturated carbocycles. The van der Waals surface area contributed by atoms with Gasteiger partial charge in [-0.15, -0.1) is 0 Å². The number of unbranched alkanes of at least 4 members (excludes halogenated alkanes) is 3. The Bertz CT molecular complexity index is 571. The Balaban J connectivity index is 1.82. The zero-order valence-corrected chi connectivity index (χ0v) is 16.9. The average molecular weight is 357 g/mol. The van der Waals surface area contributed by atoms with Crippen LogP contribution in [0.5, 0.6) is 0 Å². The highest BCUT2D eigenvalue weighted by Crippen LogP contribution is 2.60. The smallest absolute Gasteiger partial charge is 0.0540 e. The monoisotopic (exact) mass is 356 g/mol. The van der Waals surface area contributed by atoms with Crippen LogP contribution in [-0.2, 0) is 9.47 Å². The van der Waals surface area contributed by atoms with Crippen molar-refractivity contribution in [3.05, 3.63) is 47.5 Å². The highest BCUT2D eigenvalue weighted by Gasteiger charge is 2.52. The molecule has 0 aliphatic heterocycles. The summed E-state index contributed by atoms with van der Waals surface area (Å²) in [5, 5.41) is 0. The Kier molecular flexibility index (Phi) is 6.94. The first-order valence-electron chi connectivity index (χ1n) is 10.4. The molecule has 0 bridgehead atoms. The molecule has 26 heavy (non-hydrogen) atoms. The molecule has 2 aliphatic carbocycles. The SMILES string of the molecule is CCCCC/C=C1\C[C@@H]2CC(COC)(COC)C[C@H]2[C@@H]1c1ccccc1. The van der Waals surface area contributed by atoms with Gasteiger partial charge in [0.15, 0.2) is 0 Å². The minimum absolute atomic E-state index is 0.208. The van der Waals surface area contributed by atoms with E-state index in [9.17, 15) is 0 Å². The Labute approximate surface area is 160 Å². The van der Waals surface area contributed by atoms with Crippen molar-refractivity contribution in [3.63, 3.8) is 0 Å². The van der Waals surface area contributed by atoms with Crippen molar-refractivity contribution < 1.29 is 9.47 Å². The quantitative estimate of drug-likeness (QED) is 0.400. The van der Waals surface area contributed by atoms with E-state index in [1.165, 1.54) is 50.5 Å². The summed E-state index contributed by atoms with van der Waals surface area (Å²) in [4.78, 5) is 0. The summed E-state index contributed by atoms with van der Waals surface area (Å²) in [6, 6.07) is 11.2. The van der Waals surface area contributed by atoms with Gasteiger partial charge in [-0.3, -0.25) is 0 Å². The zero-order valence-electron chi connectivity index (χ0n) is 16.9.